The van der Waals surface area contributed by atoms with Gasteiger partial charge in [-0.25, -0.2) is 4.39 Å². The molecule has 0 aliphatic rings. The number of amides is 1. The van der Waals surface area contributed by atoms with E-state index >= 15 is 0 Å². The maximum atomic E-state index is 13.0. The van der Waals surface area contributed by atoms with Crippen molar-refractivity contribution in [3.8, 4) is 0 Å². The minimum atomic E-state index is -0.537. The van der Waals surface area contributed by atoms with Crippen LogP contribution in [0, 0.1) is 11.7 Å². The summed E-state index contributed by atoms with van der Waals surface area (Å²) in [6.07, 6.45) is 1.96. The van der Waals surface area contributed by atoms with Crippen molar-refractivity contribution in [3.63, 3.8) is 0 Å². The van der Waals surface area contributed by atoms with Gasteiger partial charge in [0.1, 0.15) is 11.6 Å². The summed E-state index contributed by atoms with van der Waals surface area (Å²) in [7, 11) is 0. The van der Waals surface area contributed by atoms with Gasteiger partial charge in [0.2, 0.25) is 0 Å². The normalized spacial score (nSPS) is 10.2. The van der Waals surface area contributed by atoms with Crippen molar-refractivity contribution in [2.24, 2.45) is 5.92 Å². The Bertz CT molecular complexity index is 641. The Kier molecular flexibility index (Phi) is 7.75. The van der Waals surface area contributed by atoms with Crippen LogP contribution in [0.4, 0.5) is 10.1 Å². The van der Waals surface area contributed by atoms with Crippen molar-refractivity contribution in [2.45, 2.75) is 40.5 Å². The van der Waals surface area contributed by atoms with Crippen LogP contribution >= 0.6 is 11.6 Å². The van der Waals surface area contributed by atoms with Gasteiger partial charge in [-0.2, -0.15) is 0 Å². The highest BCUT2D eigenvalue weighted by Crippen LogP contribution is 2.20. The number of carbonyl (C=O) groups excluding carboxylic acids is 1. The Labute approximate surface area is 141 Å². The number of halogens is 2. The lowest BCUT2D eigenvalue weighted by Gasteiger charge is -2.03. The number of rotatable bonds is 4. The molecule has 0 atom stereocenters. The first kappa shape index (κ1) is 19.2. The second-order valence-corrected chi connectivity index (χ2v) is 5.97. The standard InChI is InChI=1S/C14H14ClFN2O2.C3H8/c1-8(2)5-10-7-13(18-20-10)14(19)17-9-3-4-12(16)11(15)6-9;1-3-2/h3-4,6-8H,5H2,1-2H3,(H,17,19);3H2,1-2H3. The highest BCUT2D eigenvalue weighted by molar-refractivity contribution is 6.31. The zero-order valence-electron chi connectivity index (χ0n) is 13.8. The Morgan fingerprint density at radius 2 is 2.00 bits per heavy atom. The topological polar surface area (TPSA) is 55.1 Å². The van der Waals surface area contributed by atoms with Crippen LogP contribution in [0.1, 0.15) is 50.4 Å². The van der Waals surface area contributed by atoms with E-state index in [-0.39, 0.29) is 10.7 Å². The molecule has 0 bridgehead atoms. The van der Waals surface area contributed by atoms with E-state index in [9.17, 15) is 9.18 Å². The predicted molar refractivity (Wildman–Crippen MR) is 90.4 cm³/mol. The molecule has 0 fully saturated rings. The molecule has 23 heavy (non-hydrogen) atoms. The first-order valence-electron chi connectivity index (χ1n) is 7.59. The molecule has 0 aliphatic carbocycles. The van der Waals surface area contributed by atoms with Crippen LogP contribution in [-0.4, -0.2) is 11.1 Å². The van der Waals surface area contributed by atoms with Gasteiger partial charge in [-0.3, -0.25) is 4.79 Å². The van der Waals surface area contributed by atoms with Crippen molar-refractivity contribution in [1.82, 2.24) is 5.16 Å². The third-order valence-electron chi connectivity index (χ3n) is 2.58. The summed E-state index contributed by atoms with van der Waals surface area (Å²) in [6, 6.07) is 5.55. The van der Waals surface area contributed by atoms with Crippen molar-refractivity contribution in [3.05, 3.63) is 46.6 Å². The monoisotopic (exact) mass is 340 g/mol. The smallest absolute Gasteiger partial charge is 0.277 e. The van der Waals surface area contributed by atoms with Crippen molar-refractivity contribution in [2.75, 3.05) is 5.32 Å². The van der Waals surface area contributed by atoms with Gasteiger partial charge in [-0.05, 0) is 24.1 Å². The second-order valence-electron chi connectivity index (χ2n) is 5.57. The first-order valence-corrected chi connectivity index (χ1v) is 7.97. The molecule has 0 saturated heterocycles. The van der Waals surface area contributed by atoms with E-state index in [0.29, 0.717) is 23.8 Å². The molecule has 4 nitrogen and oxygen atoms in total. The Hall–Kier alpha value is -1.88. The van der Waals surface area contributed by atoms with Gasteiger partial charge in [0.05, 0.1) is 5.02 Å². The highest BCUT2D eigenvalue weighted by atomic mass is 35.5. The number of hydrogen-bond donors (Lipinski definition) is 1. The number of carbonyl (C=O) groups is 1. The fourth-order valence-electron chi connectivity index (χ4n) is 1.69. The molecule has 0 spiro atoms. The van der Waals surface area contributed by atoms with E-state index in [0.717, 1.165) is 0 Å². The quantitative estimate of drug-likeness (QED) is 0.817. The minimum Gasteiger partial charge on any atom is -0.361 e. The van der Waals surface area contributed by atoms with Crippen LogP contribution in [0.25, 0.3) is 0 Å². The summed E-state index contributed by atoms with van der Waals surface area (Å²) in [5.74, 6) is 0.105. The van der Waals surface area contributed by atoms with Gasteiger partial charge in [0.25, 0.3) is 5.91 Å². The summed E-state index contributed by atoms with van der Waals surface area (Å²) >= 11 is 5.64. The van der Waals surface area contributed by atoms with Crippen LogP contribution in [0.5, 0.6) is 0 Å². The van der Waals surface area contributed by atoms with Gasteiger partial charge in [-0.15, -0.1) is 0 Å². The van der Waals surface area contributed by atoms with E-state index < -0.39 is 11.7 Å². The summed E-state index contributed by atoms with van der Waals surface area (Å²) in [4.78, 5) is 11.9. The van der Waals surface area contributed by atoms with E-state index in [1.165, 1.54) is 24.6 Å². The molecule has 2 rings (SSSR count). The molecule has 1 aromatic heterocycles. The van der Waals surface area contributed by atoms with Crippen molar-refractivity contribution < 1.29 is 13.7 Å². The van der Waals surface area contributed by atoms with Gasteiger partial charge < -0.3 is 9.84 Å². The lowest BCUT2D eigenvalue weighted by molar-refractivity contribution is 0.101. The molecule has 1 N–H and O–H groups in total. The molecule has 1 heterocycles. The van der Waals surface area contributed by atoms with E-state index in [2.05, 4.69) is 24.3 Å². The molecule has 2 aromatic rings. The Morgan fingerprint density at radius 1 is 1.35 bits per heavy atom. The van der Waals surface area contributed by atoms with Gasteiger partial charge in [0.15, 0.2) is 5.69 Å². The van der Waals surface area contributed by atoms with Crippen LogP contribution in [0.2, 0.25) is 5.02 Å². The second kappa shape index (κ2) is 9.30. The van der Waals surface area contributed by atoms with E-state index in [1.54, 1.807) is 6.07 Å². The first-order chi connectivity index (χ1) is 10.9. The number of benzene rings is 1. The van der Waals surface area contributed by atoms with Gasteiger partial charge in [0, 0.05) is 18.2 Å². The molecular weight excluding hydrogens is 319 g/mol. The minimum absolute atomic E-state index is 0.0524. The molecular formula is C17H22ClFN2O2. The van der Waals surface area contributed by atoms with Gasteiger partial charge in [-0.1, -0.05) is 50.9 Å². The highest BCUT2D eigenvalue weighted by Gasteiger charge is 2.14. The van der Waals surface area contributed by atoms with Crippen LogP contribution in [-0.2, 0) is 6.42 Å². The SMILES string of the molecule is CC(C)Cc1cc(C(=O)Nc2ccc(F)c(Cl)c2)no1.CCC. The third kappa shape index (κ3) is 6.40. The van der Waals surface area contributed by atoms with Crippen LogP contribution < -0.4 is 5.32 Å². The molecule has 1 aromatic carbocycles. The number of nitrogens with zero attached hydrogens (tertiary/aromatic N) is 1. The molecule has 0 radical (unpaired) electrons. The van der Waals surface area contributed by atoms with Gasteiger partial charge >= 0.3 is 0 Å². The lowest BCUT2D eigenvalue weighted by atomic mass is 10.1. The fraction of sp³-hybridized carbons (Fsp3) is 0.412. The maximum absolute atomic E-state index is 13.0. The Morgan fingerprint density at radius 3 is 2.57 bits per heavy atom. The lowest BCUT2D eigenvalue weighted by Crippen LogP contribution is -2.12. The molecule has 1 amide bonds. The molecule has 0 aliphatic heterocycles. The van der Waals surface area contributed by atoms with Crippen molar-refractivity contribution >= 4 is 23.2 Å². The Balaban J connectivity index is 0.000000816. The summed E-state index contributed by atoms with van der Waals surface area (Å²) in [5.41, 5.74) is 0.580. The predicted octanol–water partition coefficient (Wildman–Crippen LogP) is 5.33. The summed E-state index contributed by atoms with van der Waals surface area (Å²) in [5, 5.41) is 6.24. The average molecular weight is 341 g/mol. The van der Waals surface area contributed by atoms with E-state index in [4.69, 9.17) is 16.1 Å². The van der Waals surface area contributed by atoms with Crippen LogP contribution in [0.15, 0.2) is 28.8 Å². The van der Waals surface area contributed by atoms with Crippen LogP contribution in [0.3, 0.4) is 0 Å². The fourth-order valence-corrected chi connectivity index (χ4v) is 1.87. The molecule has 0 unspecified atom stereocenters. The maximum Gasteiger partial charge on any atom is 0.277 e. The van der Waals surface area contributed by atoms with Crippen molar-refractivity contribution in [1.29, 1.82) is 0 Å². The third-order valence-corrected chi connectivity index (χ3v) is 2.87. The summed E-state index contributed by atoms with van der Waals surface area (Å²) < 4.78 is 18.1. The number of nitrogens with one attached hydrogen (secondary N) is 1. The summed E-state index contributed by atoms with van der Waals surface area (Å²) in [6.45, 7) is 8.34. The number of hydrogen-bond acceptors (Lipinski definition) is 3. The zero-order valence-corrected chi connectivity index (χ0v) is 14.6. The molecule has 6 heteroatoms. The van der Waals surface area contributed by atoms with E-state index in [1.807, 2.05) is 13.8 Å². The molecule has 126 valence electrons. The average Bonchev–Trinajstić information content (AvgIpc) is 2.91. The number of aromatic nitrogens is 1. The number of anilines is 1. The largest absolute Gasteiger partial charge is 0.361 e. The zero-order chi connectivity index (χ0) is 17.4. The molecule has 0 saturated carbocycles.